The molecule has 2 N–H and O–H groups in total. The van der Waals surface area contributed by atoms with E-state index in [2.05, 4.69) is 9.46 Å². The monoisotopic (exact) mass is 134 g/mol. The lowest BCUT2D eigenvalue weighted by atomic mass is 10.2. The summed E-state index contributed by atoms with van der Waals surface area (Å²) in [6.45, 7) is 2.40. The predicted molar refractivity (Wildman–Crippen MR) is 32.5 cm³/mol. The zero-order valence-corrected chi connectivity index (χ0v) is 5.41. The molecule has 0 aliphatic heterocycles. The Hall–Kier alpha value is -0.0951. The van der Waals surface area contributed by atoms with Crippen LogP contribution in [0.15, 0.2) is 0 Å². The Morgan fingerprint density at radius 1 is 1.56 bits per heavy atom. The normalized spacial score (nSPS) is 9.67. The van der Waals surface area contributed by atoms with E-state index in [4.69, 9.17) is 10.3 Å². The van der Waals surface area contributed by atoms with E-state index in [0.717, 1.165) is 12.8 Å². The van der Waals surface area contributed by atoms with Crippen LogP contribution < -0.4 is 0 Å². The highest BCUT2D eigenvalue weighted by Crippen LogP contribution is 1.89. The molecule has 0 aromatic rings. The zero-order valence-electron chi connectivity index (χ0n) is 5.41. The first-order chi connectivity index (χ1) is 4.31. The Kier molecular flexibility index (Phi) is 5.97. The largest absolute Gasteiger partial charge is 0.665 e. The predicted octanol–water partition coefficient (Wildman–Crippen LogP) is 0.270. The first-order valence-electron chi connectivity index (χ1n) is 2.91. The Morgan fingerprint density at radius 3 is 2.67 bits per heavy atom. The summed E-state index contributed by atoms with van der Waals surface area (Å²) >= 11 is 0. The van der Waals surface area contributed by atoms with Crippen molar-refractivity contribution in [3.05, 3.63) is 0 Å². The standard InChI is InChI=1S/C4H11BO4/c1-2-3-4-8-5(6)9-7/h6-7H,2-4H2,1H3. The van der Waals surface area contributed by atoms with Gasteiger partial charge in [0.25, 0.3) is 0 Å². The average Bonchev–Trinajstić information content (AvgIpc) is 1.89. The van der Waals surface area contributed by atoms with E-state index in [0.29, 0.717) is 6.61 Å². The SMILES string of the molecule is CCCCOB(O)OO. The van der Waals surface area contributed by atoms with E-state index in [1.54, 1.807) is 0 Å². The molecule has 0 aromatic heterocycles. The number of unbranched alkanes of at least 4 members (excludes halogenated alkanes) is 1. The van der Waals surface area contributed by atoms with Crippen molar-refractivity contribution in [1.29, 1.82) is 0 Å². The molecule has 0 spiro atoms. The summed E-state index contributed by atoms with van der Waals surface area (Å²) in [7, 11) is -1.49. The highest BCUT2D eigenvalue weighted by atomic mass is 17.1. The topological polar surface area (TPSA) is 58.9 Å². The van der Waals surface area contributed by atoms with Crippen molar-refractivity contribution in [2.45, 2.75) is 19.8 Å². The van der Waals surface area contributed by atoms with Crippen molar-refractivity contribution in [2.24, 2.45) is 0 Å². The van der Waals surface area contributed by atoms with Gasteiger partial charge >= 0.3 is 7.32 Å². The minimum atomic E-state index is -1.49. The first-order valence-corrected chi connectivity index (χ1v) is 2.91. The summed E-state index contributed by atoms with van der Waals surface area (Å²) in [6, 6.07) is 0. The smallest absolute Gasteiger partial charge is 0.400 e. The first kappa shape index (κ1) is 8.90. The number of hydrogen-bond donors (Lipinski definition) is 2. The van der Waals surface area contributed by atoms with Gasteiger partial charge in [-0.2, -0.15) is 0 Å². The van der Waals surface area contributed by atoms with Crippen LogP contribution in [-0.2, 0) is 9.46 Å². The van der Waals surface area contributed by atoms with Gasteiger partial charge in [0.2, 0.25) is 0 Å². The van der Waals surface area contributed by atoms with Gasteiger partial charge in [-0.05, 0) is 6.42 Å². The molecule has 0 rings (SSSR count). The Labute approximate surface area is 54.5 Å². The van der Waals surface area contributed by atoms with Gasteiger partial charge in [0.05, 0.1) is 0 Å². The van der Waals surface area contributed by atoms with Crippen LogP contribution in [0.2, 0.25) is 0 Å². The molecule has 0 aromatic carbocycles. The molecule has 5 heteroatoms. The molecule has 4 nitrogen and oxygen atoms in total. The molecule has 54 valence electrons. The van der Waals surface area contributed by atoms with E-state index >= 15 is 0 Å². The summed E-state index contributed by atoms with van der Waals surface area (Å²) in [6.07, 6.45) is 1.83. The summed E-state index contributed by atoms with van der Waals surface area (Å²) in [4.78, 5) is 3.43. The van der Waals surface area contributed by atoms with Gasteiger partial charge in [0.1, 0.15) is 0 Å². The Bertz CT molecular complexity index is 60.5. The molecule has 0 unspecified atom stereocenters. The lowest BCUT2D eigenvalue weighted by Crippen LogP contribution is -2.21. The fourth-order valence-corrected chi connectivity index (χ4v) is 0.359. The van der Waals surface area contributed by atoms with E-state index < -0.39 is 7.32 Å². The number of rotatable bonds is 5. The molecule has 0 aliphatic carbocycles. The van der Waals surface area contributed by atoms with Crippen molar-refractivity contribution in [2.75, 3.05) is 6.61 Å². The summed E-state index contributed by atoms with van der Waals surface area (Å²) < 4.78 is 4.51. The molecule has 0 saturated heterocycles. The van der Waals surface area contributed by atoms with Gasteiger partial charge < -0.3 is 9.68 Å². The van der Waals surface area contributed by atoms with Crippen molar-refractivity contribution < 1.29 is 19.7 Å². The van der Waals surface area contributed by atoms with Crippen LogP contribution in [0.3, 0.4) is 0 Å². The quantitative estimate of drug-likeness (QED) is 0.245. The third-order valence-corrected chi connectivity index (χ3v) is 0.848. The van der Waals surface area contributed by atoms with E-state index in [1.807, 2.05) is 6.92 Å². The summed E-state index contributed by atoms with van der Waals surface area (Å²) in [5.74, 6) is 0. The Morgan fingerprint density at radius 2 is 2.22 bits per heavy atom. The minimum Gasteiger partial charge on any atom is -0.400 e. The zero-order chi connectivity index (χ0) is 7.11. The maximum absolute atomic E-state index is 8.39. The Balaban J connectivity index is 2.88. The lowest BCUT2D eigenvalue weighted by molar-refractivity contribution is -0.178. The molecule has 0 amide bonds. The fraction of sp³-hybridized carbons (Fsp3) is 1.00. The molecule has 0 atom stereocenters. The van der Waals surface area contributed by atoms with Crippen molar-refractivity contribution >= 4 is 7.32 Å². The van der Waals surface area contributed by atoms with Crippen LogP contribution >= 0.6 is 0 Å². The van der Waals surface area contributed by atoms with Crippen LogP contribution in [0.5, 0.6) is 0 Å². The molecule has 0 saturated carbocycles. The molecule has 0 radical (unpaired) electrons. The van der Waals surface area contributed by atoms with Gasteiger partial charge in [-0.15, -0.1) is 0 Å². The molecular weight excluding hydrogens is 123 g/mol. The highest BCUT2D eigenvalue weighted by molar-refractivity contribution is 6.34. The van der Waals surface area contributed by atoms with Crippen molar-refractivity contribution in [1.82, 2.24) is 0 Å². The third-order valence-electron chi connectivity index (χ3n) is 0.848. The van der Waals surface area contributed by atoms with Gasteiger partial charge in [0, 0.05) is 6.61 Å². The van der Waals surface area contributed by atoms with Gasteiger partial charge in [-0.3, -0.25) is 5.26 Å². The minimum absolute atomic E-state index is 0.401. The van der Waals surface area contributed by atoms with Gasteiger partial charge in [-0.25, -0.2) is 4.81 Å². The van der Waals surface area contributed by atoms with Crippen LogP contribution in [0, 0.1) is 0 Å². The van der Waals surface area contributed by atoms with Crippen LogP contribution in [0.4, 0.5) is 0 Å². The van der Waals surface area contributed by atoms with Crippen LogP contribution in [0.1, 0.15) is 19.8 Å². The molecule has 0 fully saturated rings. The van der Waals surface area contributed by atoms with Gasteiger partial charge in [-0.1, -0.05) is 13.3 Å². The fourth-order valence-electron chi connectivity index (χ4n) is 0.359. The van der Waals surface area contributed by atoms with Crippen molar-refractivity contribution in [3.8, 4) is 0 Å². The van der Waals surface area contributed by atoms with Crippen molar-refractivity contribution in [3.63, 3.8) is 0 Å². The molecule has 0 aliphatic rings. The second-order valence-electron chi connectivity index (χ2n) is 1.64. The molecule has 0 bridgehead atoms. The number of hydrogen-bond acceptors (Lipinski definition) is 4. The van der Waals surface area contributed by atoms with E-state index in [-0.39, 0.29) is 0 Å². The van der Waals surface area contributed by atoms with E-state index in [9.17, 15) is 0 Å². The molecule has 0 heterocycles. The summed E-state index contributed by atoms with van der Waals surface area (Å²) in [5.41, 5.74) is 0. The second kappa shape index (κ2) is 6.03. The van der Waals surface area contributed by atoms with Crippen LogP contribution in [-0.4, -0.2) is 24.2 Å². The lowest BCUT2D eigenvalue weighted by Gasteiger charge is -2.00. The highest BCUT2D eigenvalue weighted by Gasteiger charge is 2.13. The second-order valence-corrected chi connectivity index (χ2v) is 1.64. The maximum atomic E-state index is 8.39. The van der Waals surface area contributed by atoms with Crippen LogP contribution in [0.25, 0.3) is 0 Å². The van der Waals surface area contributed by atoms with Gasteiger partial charge in [0.15, 0.2) is 0 Å². The van der Waals surface area contributed by atoms with E-state index in [1.165, 1.54) is 0 Å². The molecular formula is C4H11BO4. The third kappa shape index (κ3) is 5.78. The molecule has 9 heavy (non-hydrogen) atoms. The summed E-state index contributed by atoms with van der Waals surface area (Å²) in [5, 5.41) is 16.1. The maximum Gasteiger partial charge on any atom is 0.665 e. The average molecular weight is 134 g/mol.